The summed E-state index contributed by atoms with van der Waals surface area (Å²) >= 11 is 4.25. The van der Waals surface area contributed by atoms with Gasteiger partial charge in [-0.2, -0.15) is 12.6 Å². The molecule has 1 fully saturated rings. The van der Waals surface area contributed by atoms with Crippen molar-refractivity contribution in [1.82, 2.24) is 10.6 Å². The van der Waals surface area contributed by atoms with Gasteiger partial charge in [0.1, 0.15) is 0 Å². The third-order valence-corrected chi connectivity index (χ3v) is 3.80. The highest BCUT2D eigenvalue weighted by molar-refractivity contribution is 7.80. The van der Waals surface area contributed by atoms with Crippen LogP contribution >= 0.6 is 12.6 Å². The summed E-state index contributed by atoms with van der Waals surface area (Å²) in [6.07, 6.45) is 3.01. The number of nitrogens with one attached hydrogen (secondary N) is 2. The van der Waals surface area contributed by atoms with E-state index in [0.717, 1.165) is 18.6 Å². The lowest BCUT2D eigenvalue weighted by Gasteiger charge is -2.11. The molecule has 0 heterocycles. The molecule has 0 bridgehead atoms. The number of hydrogen-bond acceptors (Lipinski definition) is 4. The zero-order chi connectivity index (χ0) is 13.4. The van der Waals surface area contributed by atoms with E-state index in [1.165, 1.54) is 0 Å². The zero-order valence-electron chi connectivity index (χ0n) is 10.8. The summed E-state index contributed by atoms with van der Waals surface area (Å²) in [5, 5.41) is 5.47. The Hall–Kier alpha value is -0.750. The molecule has 6 heteroatoms. The Kier molecular flexibility index (Phi) is 6.49. The first kappa shape index (κ1) is 15.3. The fourth-order valence-electron chi connectivity index (χ4n) is 1.67. The Morgan fingerprint density at radius 3 is 2.44 bits per heavy atom. The van der Waals surface area contributed by atoms with E-state index in [-0.39, 0.29) is 17.2 Å². The Labute approximate surface area is 113 Å². The molecular weight excluding hydrogens is 252 g/mol. The van der Waals surface area contributed by atoms with Gasteiger partial charge in [-0.1, -0.05) is 0 Å². The number of ether oxygens (including phenoxy) is 1. The van der Waals surface area contributed by atoms with E-state index in [2.05, 4.69) is 23.3 Å². The Bertz CT molecular complexity index is 293. The Balaban J connectivity index is 2.03. The fraction of sp³-hybridized carbons (Fsp3) is 0.833. The molecule has 1 saturated carbocycles. The van der Waals surface area contributed by atoms with E-state index >= 15 is 0 Å². The van der Waals surface area contributed by atoms with Gasteiger partial charge in [-0.05, 0) is 24.0 Å². The highest BCUT2D eigenvalue weighted by atomic mass is 32.1. The van der Waals surface area contributed by atoms with Crippen molar-refractivity contribution in [3.8, 4) is 0 Å². The number of rotatable bonds is 9. The normalized spacial score (nSPS) is 16.1. The molecule has 1 aliphatic rings. The van der Waals surface area contributed by atoms with Crippen LogP contribution in [0.3, 0.4) is 0 Å². The fourth-order valence-corrected chi connectivity index (χ4v) is 2.10. The lowest BCUT2D eigenvalue weighted by Crippen LogP contribution is -2.33. The second-order valence-corrected chi connectivity index (χ2v) is 5.09. The first-order valence-electron chi connectivity index (χ1n) is 6.25. The third-order valence-electron chi connectivity index (χ3n) is 3.13. The van der Waals surface area contributed by atoms with Crippen LogP contribution in [0.5, 0.6) is 0 Å². The molecule has 0 spiro atoms. The molecule has 1 aliphatic carbocycles. The van der Waals surface area contributed by atoms with Crippen LogP contribution in [0, 0.1) is 5.41 Å². The molecule has 2 amide bonds. The van der Waals surface area contributed by atoms with Crippen LogP contribution < -0.4 is 10.6 Å². The Morgan fingerprint density at radius 2 is 1.89 bits per heavy atom. The average Bonchev–Trinajstić information content (AvgIpc) is 3.10. The quantitative estimate of drug-likeness (QED) is 0.420. The van der Waals surface area contributed by atoms with Crippen molar-refractivity contribution < 1.29 is 14.3 Å². The van der Waals surface area contributed by atoms with Gasteiger partial charge < -0.3 is 15.4 Å². The second-order valence-electron chi connectivity index (χ2n) is 4.78. The molecule has 0 aromatic heterocycles. The monoisotopic (exact) mass is 274 g/mol. The number of methoxy groups -OCH3 is 1. The van der Waals surface area contributed by atoms with E-state index < -0.39 is 0 Å². The summed E-state index contributed by atoms with van der Waals surface area (Å²) in [5.41, 5.74) is 0.133. The first-order chi connectivity index (χ1) is 8.62. The van der Waals surface area contributed by atoms with Crippen LogP contribution in [0.4, 0.5) is 0 Å². The van der Waals surface area contributed by atoms with Crippen LogP contribution in [0.2, 0.25) is 0 Å². The van der Waals surface area contributed by atoms with Crippen molar-refractivity contribution in [3.63, 3.8) is 0 Å². The molecule has 18 heavy (non-hydrogen) atoms. The van der Waals surface area contributed by atoms with Crippen LogP contribution in [0.1, 0.15) is 25.7 Å². The number of carbonyl (C=O) groups excluding carboxylic acids is 2. The predicted molar refractivity (Wildman–Crippen MR) is 72.6 cm³/mol. The highest BCUT2D eigenvalue weighted by Crippen LogP contribution is 2.49. The summed E-state index contributed by atoms with van der Waals surface area (Å²) in [6, 6.07) is 0. The van der Waals surface area contributed by atoms with E-state index in [1.54, 1.807) is 7.11 Å². The maximum atomic E-state index is 11.6. The molecule has 0 saturated heterocycles. The van der Waals surface area contributed by atoms with Gasteiger partial charge in [-0.15, -0.1) is 0 Å². The highest BCUT2D eigenvalue weighted by Gasteiger charge is 2.42. The molecule has 0 aromatic carbocycles. The van der Waals surface area contributed by atoms with Crippen LogP contribution in [-0.2, 0) is 14.3 Å². The van der Waals surface area contributed by atoms with Crippen molar-refractivity contribution in [2.75, 3.05) is 32.6 Å². The van der Waals surface area contributed by atoms with Gasteiger partial charge in [0.05, 0.1) is 6.61 Å². The van der Waals surface area contributed by atoms with Crippen LogP contribution in [0.15, 0.2) is 0 Å². The molecule has 0 aliphatic heterocycles. The molecule has 5 nitrogen and oxygen atoms in total. The lowest BCUT2D eigenvalue weighted by molar-refractivity contribution is -0.123. The SMILES string of the molecule is COCCNC(=O)CCNC(=O)CC1(CS)CC1. The summed E-state index contributed by atoms with van der Waals surface area (Å²) in [5.74, 6) is 0.715. The molecule has 1 rings (SSSR count). The van der Waals surface area contributed by atoms with Gasteiger partial charge in [0.15, 0.2) is 0 Å². The number of thiol groups is 1. The van der Waals surface area contributed by atoms with Crippen molar-refractivity contribution in [3.05, 3.63) is 0 Å². The predicted octanol–water partition coefficient (Wildman–Crippen LogP) is 0.355. The molecular formula is C12H22N2O3S. The summed E-state index contributed by atoms with van der Waals surface area (Å²) in [4.78, 5) is 22.9. The minimum atomic E-state index is -0.0670. The maximum absolute atomic E-state index is 11.6. The standard InChI is InChI=1S/C12H22N2O3S/c1-17-7-6-14-10(15)2-5-13-11(16)8-12(9-18)3-4-12/h18H,2-9H2,1H3,(H,13,16)(H,14,15). The molecule has 0 unspecified atom stereocenters. The van der Waals surface area contributed by atoms with Crippen molar-refractivity contribution >= 4 is 24.4 Å². The zero-order valence-corrected chi connectivity index (χ0v) is 11.7. The summed E-state index contributed by atoms with van der Waals surface area (Å²) in [6.45, 7) is 1.40. The van der Waals surface area contributed by atoms with Gasteiger partial charge in [0.25, 0.3) is 0 Å². The molecule has 0 radical (unpaired) electrons. The van der Waals surface area contributed by atoms with E-state index in [9.17, 15) is 9.59 Å². The van der Waals surface area contributed by atoms with Crippen LogP contribution in [0.25, 0.3) is 0 Å². The van der Waals surface area contributed by atoms with Gasteiger partial charge in [0, 0.05) is 33.0 Å². The Morgan fingerprint density at radius 1 is 1.22 bits per heavy atom. The summed E-state index contributed by atoms with van der Waals surface area (Å²) in [7, 11) is 1.58. The van der Waals surface area contributed by atoms with E-state index in [4.69, 9.17) is 4.74 Å². The minimum Gasteiger partial charge on any atom is -0.383 e. The van der Waals surface area contributed by atoms with Gasteiger partial charge in [0.2, 0.25) is 11.8 Å². The van der Waals surface area contributed by atoms with Crippen LogP contribution in [-0.4, -0.2) is 44.4 Å². The van der Waals surface area contributed by atoms with Crippen molar-refractivity contribution in [1.29, 1.82) is 0 Å². The number of carbonyl (C=O) groups is 2. The number of amides is 2. The average molecular weight is 274 g/mol. The topological polar surface area (TPSA) is 67.4 Å². The van der Waals surface area contributed by atoms with E-state index in [0.29, 0.717) is 32.5 Å². The molecule has 0 atom stereocenters. The smallest absolute Gasteiger partial charge is 0.221 e. The van der Waals surface area contributed by atoms with Crippen molar-refractivity contribution in [2.24, 2.45) is 5.41 Å². The summed E-state index contributed by atoms with van der Waals surface area (Å²) < 4.78 is 4.82. The second kappa shape index (κ2) is 7.63. The third kappa shape index (κ3) is 5.73. The largest absolute Gasteiger partial charge is 0.383 e. The van der Waals surface area contributed by atoms with E-state index in [1.807, 2.05) is 0 Å². The maximum Gasteiger partial charge on any atom is 0.221 e. The molecule has 2 N–H and O–H groups in total. The lowest BCUT2D eigenvalue weighted by atomic mass is 10.1. The molecule has 104 valence electrons. The minimum absolute atomic E-state index is 0.0197. The van der Waals surface area contributed by atoms with Gasteiger partial charge >= 0.3 is 0 Å². The number of hydrogen-bond donors (Lipinski definition) is 3. The molecule has 0 aromatic rings. The van der Waals surface area contributed by atoms with Gasteiger partial charge in [-0.3, -0.25) is 9.59 Å². The van der Waals surface area contributed by atoms with Crippen molar-refractivity contribution in [2.45, 2.75) is 25.7 Å². The first-order valence-corrected chi connectivity index (χ1v) is 6.88. The van der Waals surface area contributed by atoms with Gasteiger partial charge in [-0.25, -0.2) is 0 Å².